The Bertz CT molecular complexity index is 4810. The van der Waals surface area contributed by atoms with E-state index in [4.69, 9.17) is 53.2 Å². The van der Waals surface area contributed by atoms with Crippen molar-refractivity contribution in [1.29, 1.82) is 0 Å². The van der Waals surface area contributed by atoms with E-state index >= 15 is 0 Å². The average molecular weight is 1960 g/mol. The van der Waals surface area contributed by atoms with Gasteiger partial charge in [-0.2, -0.15) is 0 Å². The zero-order chi connectivity index (χ0) is 105. The zero-order valence-electron chi connectivity index (χ0n) is 93.6. The molecule has 13 unspecified atom stereocenters. The third-order valence-electron chi connectivity index (χ3n) is 30.0. The van der Waals surface area contributed by atoms with Crippen LogP contribution in [0.2, 0.25) is 0 Å². The molecule has 3 N–H and O–H groups in total. The smallest absolute Gasteiger partial charge is 0.308 e. The van der Waals surface area contributed by atoms with Gasteiger partial charge in [-0.3, -0.25) is 4.79 Å². The summed E-state index contributed by atoms with van der Waals surface area (Å²) in [7, 11) is 1.68. The maximum Gasteiger partial charge on any atom is 0.308 e. The van der Waals surface area contributed by atoms with E-state index in [1.165, 1.54) is 153 Å². The summed E-state index contributed by atoms with van der Waals surface area (Å²) in [4.78, 5) is 10.7. The van der Waals surface area contributed by atoms with Crippen molar-refractivity contribution in [2.24, 2.45) is 35.5 Å². The highest BCUT2D eigenvalue weighted by molar-refractivity contribution is 5.69. The van der Waals surface area contributed by atoms with E-state index in [-0.39, 0.29) is 24.2 Å². The molecule has 10 aromatic carbocycles. The Labute approximate surface area is 868 Å². The van der Waals surface area contributed by atoms with E-state index in [1.54, 1.807) is 54.6 Å². The molecule has 0 aromatic heterocycles. The first kappa shape index (κ1) is 122. The Hall–Kier alpha value is -9.85. The highest BCUT2D eigenvalue weighted by atomic mass is 16.7. The molecule has 143 heavy (non-hydrogen) atoms. The number of aromatic hydroxyl groups is 3. The number of rotatable bonds is 32. The van der Waals surface area contributed by atoms with Crippen LogP contribution in [0.3, 0.4) is 0 Å². The number of phenols is 3. The number of methoxy groups -OCH3 is 1. The van der Waals surface area contributed by atoms with Crippen molar-refractivity contribution in [2.75, 3.05) is 13.9 Å². The van der Waals surface area contributed by atoms with E-state index in [2.05, 4.69) is 313 Å². The number of ether oxygens (including phenoxy) is 8. The number of fused-ring (bicyclic) bond motifs is 1. The number of esters is 1. The Morgan fingerprint density at radius 3 is 0.993 bits per heavy atom. The fourth-order valence-corrected chi connectivity index (χ4v) is 18.8. The molecular weight excluding hydrogens is 1770 g/mol. The largest absolute Gasteiger partial charge is 0.508 e. The van der Waals surface area contributed by atoms with Crippen LogP contribution in [0.1, 0.15) is 429 Å². The molecule has 16 rings (SSSR count). The molecule has 0 aliphatic heterocycles. The van der Waals surface area contributed by atoms with Gasteiger partial charge in [-0.05, 0) is 384 Å². The first-order valence-electron chi connectivity index (χ1n) is 55.0. The third kappa shape index (κ3) is 44.6. The van der Waals surface area contributed by atoms with Crippen molar-refractivity contribution in [1.82, 2.24) is 0 Å². The molecule has 0 amide bonds. The fraction of sp³-hybridized carbons (Fsp3) is 0.534. The van der Waals surface area contributed by atoms with Crippen LogP contribution in [0, 0.1) is 35.5 Å². The topological polar surface area (TPSA) is 152 Å². The van der Waals surface area contributed by atoms with Gasteiger partial charge < -0.3 is 53.2 Å². The van der Waals surface area contributed by atoms with Gasteiger partial charge in [-0.1, -0.05) is 323 Å². The molecule has 0 heterocycles. The number of hydrogen-bond donors (Lipinski definition) is 3. The number of carbonyl (C=O) groups is 1. The van der Waals surface area contributed by atoms with Gasteiger partial charge in [0.2, 0.25) is 6.29 Å². The van der Waals surface area contributed by atoms with Gasteiger partial charge in [0.15, 0.2) is 13.1 Å². The molecule has 12 heteroatoms. The lowest BCUT2D eigenvalue weighted by atomic mass is 9.55. The van der Waals surface area contributed by atoms with Gasteiger partial charge in [0.05, 0.1) is 12.2 Å². The predicted octanol–water partition coefficient (Wildman–Crippen LogP) is 37.3. The monoisotopic (exact) mass is 1960 g/mol. The second-order valence-electron chi connectivity index (χ2n) is 42.7. The normalized spacial score (nSPS) is 19.0. The quantitative estimate of drug-likeness (QED) is 0.0209. The molecule has 0 spiro atoms. The summed E-state index contributed by atoms with van der Waals surface area (Å²) in [5.41, 5.74) is 15.2. The SMILES string of the molecule is CC1Cc2ccccc2C1C.CCC(C)c1ccc(O)cc1.CCC(C)c1ccc(O)cc1.CCC(C)c1ccc(O)cc1.CCC(C)c1ccc(OC(C)(C)C)cc1.CCC(C)c1ccc(OC(C)=O)cc1.CCC(C)c1ccc(OC(C)OC2CCCCC2)cc1.CCC(C)c1ccc(OC(OC)C(C)C)cc1.CCC(C)c1ccc(OCOC2C3CC4CC(C3)CC2C4)cc1.CCC(C)c1ccccc1. The predicted molar refractivity (Wildman–Crippen MR) is 602 cm³/mol. The van der Waals surface area contributed by atoms with Crippen molar-refractivity contribution in [3.63, 3.8) is 0 Å². The molecule has 5 saturated carbocycles. The van der Waals surface area contributed by atoms with Crippen molar-refractivity contribution >= 4 is 5.97 Å². The lowest BCUT2D eigenvalue weighted by Gasteiger charge is -2.53. The summed E-state index contributed by atoms with van der Waals surface area (Å²) >= 11 is 0. The third-order valence-corrected chi connectivity index (χ3v) is 30.0. The number of benzene rings is 10. The van der Waals surface area contributed by atoms with Crippen LogP contribution in [0.25, 0.3) is 0 Å². The van der Waals surface area contributed by atoms with E-state index < -0.39 is 0 Å². The first-order chi connectivity index (χ1) is 68.4. The van der Waals surface area contributed by atoms with Gasteiger partial charge in [-0.25, -0.2) is 0 Å². The molecule has 4 bridgehead atoms. The van der Waals surface area contributed by atoms with E-state index in [0.717, 1.165) is 90.6 Å². The van der Waals surface area contributed by atoms with E-state index in [1.807, 2.05) is 79.7 Å². The Morgan fingerprint density at radius 2 is 0.671 bits per heavy atom. The standard InChI is InChI=1S/C21H30O2.C18H28O2.C15H24O2.C14H22O.C12H16O2.C11H14.3C10H14O.C10H14/c1-3-14(2)17-4-6-20(7-5-17)22-13-23-21-18-9-15-8-16(11-18)12-19(21)10-15;1-4-14(2)16-10-12-18(13-11-16)20-15(3)19-17-8-6-5-7-9-17;1-6-12(4)13-7-9-14(10-8-13)17-15(16-5)11(2)3;1-6-11(2)12-7-9-13(10-8-12)15-14(3,4)5;1-4-9(2)11-5-7-12(8-6-11)14-10(3)13;1-8-7-10-5-3-4-6-11(10)9(8)2;3*1-3-8(2)9-4-6-10(11)7-5-9;1-3-9(2)10-7-5-4-6-8-10/h4-7,14-16,18-19,21H,3,8-13H2,1-2H3;10-15,17H,4-9H2,1-3H3;7-12,15H,6H2,1-5H3;7-11H,6H2,1-5H3;5-9H,4H2,1-3H3;3-6,8-9H,7H2,1-2H3;3*4-8,11H,3H2,1-2H3;4-9H,3H2,1-2H3. The molecule has 13 atom stereocenters. The van der Waals surface area contributed by atoms with Crippen LogP contribution in [-0.2, 0) is 25.4 Å². The van der Waals surface area contributed by atoms with Crippen LogP contribution in [0.4, 0.5) is 0 Å². The minimum absolute atomic E-state index is 0.113. The Kier molecular flexibility index (Phi) is 55.9. The van der Waals surface area contributed by atoms with Crippen LogP contribution in [0.15, 0.2) is 249 Å². The molecule has 10 aromatic rings. The lowest BCUT2D eigenvalue weighted by Crippen LogP contribution is -2.49. The summed E-state index contributed by atoms with van der Waals surface area (Å²) in [6, 6.07) is 83.2. The molecular formula is C131H190O12. The molecule has 0 radical (unpaired) electrons. The summed E-state index contributed by atoms with van der Waals surface area (Å²) < 4.78 is 45.7. The number of phenolic OH excluding ortho intramolecular Hbond substituents is 3. The highest BCUT2D eigenvalue weighted by Crippen LogP contribution is 2.55. The molecule has 12 nitrogen and oxygen atoms in total. The minimum atomic E-state index is -0.277. The van der Waals surface area contributed by atoms with Crippen molar-refractivity contribution in [3.05, 3.63) is 310 Å². The van der Waals surface area contributed by atoms with Crippen LogP contribution in [0.5, 0.6) is 46.0 Å². The van der Waals surface area contributed by atoms with Gasteiger partial charge >= 0.3 is 5.97 Å². The Balaban J connectivity index is 0.000000246. The molecule has 786 valence electrons. The van der Waals surface area contributed by atoms with Gasteiger partial charge in [0.1, 0.15) is 51.6 Å². The first-order valence-corrected chi connectivity index (χ1v) is 55.0. The minimum Gasteiger partial charge on any atom is -0.508 e. The maximum atomic E-state index is 10.7. The Morgan fingerprint density at radius 1 is 0.364 bits per heavy atom. The number of hydrogen-bond acceptors (Lipinski definition) is 12. The molecule has 5 fully saturated rings. The van der Waals surface area contributed by atoms with Gasteiger partial charge in [-0.15, -0.1) is 0 Å². The summed E-state index contributed by atoms with van der Waals surface area (Å²) in [6.07, 6.45) is 25.7. The van der Waals surface area contributed by atoms with E-state index in [0.29, 0.717) is 101 Å². The van der Waals surface area contributed by atoms with Crippen molar-refractivity contribution in [2.45, 2.75) is 405 Å². The molecule has 6 aliphatic rings. The van der Waals surface area contributed by atoms with Crippen molar-refractivity contribution < 1.29 is 58.0 Å². The van der Waals surface area contributed by atoms with Crippen LogP contribution < -0.4 is 23.7 Å². The highest BCUT2D eigenvalue weighted by Gasteiger charge is 2.49. The molecule has 6 aliphatic carbocycles. The average Bonchev–Trinajstić information content (AvgIpc) is 1.45. The zero-order valence-corrected chi connectivity index (χ0v) is 93.6. The fourth-order valence-electron chi connectivity index (χ4n) is 18.8. The maximum absolute atomic E-state index is 10.7. The second kappa shape index (κ2) is 65.6. The second-order valence-corrected chi connectivity index (χ2v) is 42.7. The summed E-state index contributed by atoms with van der Waals surface area (Å²) in [5, 5.41) is 27.0. The summed E-state index contributed by atoms with van der Waals surface area (Å²) in [6.45, 7) is 58.6. The van der Waals surface area contributed by atoms with E-state index in [9.17, 15) is 4.79 Å². The molecule has 0 saturated heterocycles. The summed E-state index contributed by atoms with van der Waals surface area (Å²) in [5.74, 6) is 16.1. The van der Waals surface area contributed by atoms with Crippen LogP contribution >= 0.6 is 0 Å². The lowest BCUT2D eigenvalue weighted by molar-refractivity contribution is -0.155. The van der Waals surface area contributed by atoms with Crippen molar-refractivity contribution in [3.8, 4) is 46.0 Å². The van der Waals surface area contributed by atoms with Crippen LogP contribution in [-0.4, -0.2) is 65.6 Å². The van der Waals surface area contributed by atoms with Gasteiger partial charge in [0, 0.05) is 20.0 Å². The van der Waals surface area contributed by atoms with Gasteiger partial charge in [0.25, 0.3) is 0 Å². The number of carbonyl (C=O) groups excluding carboxylic acids is 1.